The van der Waals surface area contributed by atoms with Gasteiger partial charge in [0.15, 0.2) is 5.13 Å². The molecule has 0 saturated heterocycles. The molecule has 0 aliphatic carbocycles. The van der Waals surface area contributed by atoms with Crippen molar-refractivity contribution in [1.82, 2.24) is 4.98 Å². The highest BCUT2D eigenvalue weighted by Crippen LogP contribution is 2.28. The molecule has 0 saturated carbocycles. The Hall–Kier alpha value is -2.08. The highest BCUT2D eigenvalue weighted by atomic mass is 32.1. The highest BCUT2D eigenvalue weighted by molar-refractivity contribution is 7.17. The molecule has 1 aromatic heterocycles. The van der Waals surface area contributed by atoms with Crippen LogP contribution in [0.25, 0.3) is 0 Å². The van der Waals surface area contributed by atoms with Crippen LogP contribution in [0.1, 0.15) is 10.4 Å². The van der Waals surface area contributed by atoms with Crippen molar-refractivity contribution in [2.45, 2.75) is 0 Å². The molecule has 1 aromatic carbocycles. The number of carbonyl (C=O) groups is 1. The van der Waals surface area contributed by atoms with E-state index < -0.39 is 5.97 Å². The molecule has 1 heterocycles. The fourth-order valence-electron chi connectivity index (χ4n) is 1.24. The van der Waals surface area contributed by atoms with Crippen molar-refractivity contribution in [1.29, 1.82) is 0 Å². The van der Waals surface area contributed by atoms with E-state index in [4.69, 9.17) is 10.5 Å². The number of esters is 1. The maximum Gasteiger partial charge on any atom is 0.337 e. The van der Waals surface area contributed by atoms with Crippen LogP contribution in [0.3, 0.4) is 0 Å². The summed E-state index contributed by atoms with van der Waals surface area (Å²) in [5, 5.41) is 1.01. The van der Waals surface area contributed by atoms with E-state index in [1.165, 1.54) is 24.6 Å². The van der Waals surface area contributed by atoms with E-state index in [9.17, 15) is 4.79 Å². The molecule has 0 radical (unpaired) electrons. The number of hydrogen-bond acceptors (Lipinski definition) is 6. The van der Waals surface area contributed by atoms with Gasteiger partial charge in [-0.15, -0.1) is 0 Å². The van der Waals surface area contributed by atoms with Crippen molar-refractivity contribution in [3.8, 4) is 10.8 Å². The Kier molecular flexibility index (Phi) is 3.24. The quantitative estimate of drug-likeness (QED) is 0.846. The largest absolute Gasteiger partial charge is 0.465 e. The molecule has 2 aromatic rings. The fraction of sp³-hybridized carbons (Fsp3) is 0.0909. The van der Waals surface area contributed by atoms with Crippen LogP contribution in [0.15, 0.2) is 30.5 Å². The Morgan fingerprint density at radius 1 is 1.47 bits per heavy atom. The van der Waals surface area contributed by atoms with Crippen LogP contribution in [0, 0.1) is 0 Å². The number of carbonyl (C=O) groups excluding carboxylic acids is 1. The lowest BCUT2D eigenvalue weighted by molar-refractivity contribution is 0.0600. The van der Waals surface area contributed by atoms with Gasteiger partial charge in [0.1, 0.15) is 5.75 Å². The molecule has 2 N–H and O–H groups in total. The van der Waals surface area contributed by atoms with Crippen molar-refractivity contribution in [3.63, 3.8) is 0 Å². The number of hydrogen-bond donors (Lipinski definition) is 1. The SMILES string of the molecule is COC(=O)c1cccc(Oc2cnc(N)s2)c1. The summed E-state index contributed by atoms with van der Waals surface area (Å²) < 4.78 is 10.1. The first-order chi connectivity index (χ1) is 8.19. The number of rotatable bonds is 3. The minimum Gasteiger partial charge on any atom is -0.465 e. The lowest BCUT2D eigenvalue weighted by atomic mass is 10.2. The lowest BCUT2D eigenvalue weighted by Crippen LogP contribution is -2.00. The Balaban J connectivity index is 2.19. The number of nitrogens with zero attached hydrogens (tertiary/aromatic N) is 1. The summed E-state index contributed by atoms with van der Waals surface area (Å²) in [5.74, 6) is 0.135. The van der Waals surface area contributed by atoms with E-state index in [1.807, 2.05) is 0 Å². The maximum atomic E-state index is 11.3. The molecule has 0 unspecified atom stereocenters. The second-order valence-corrected chi connectivity index (χ2v) is 4.16. The monoisotopic (exact) mass is 250 g/mol. The van der Waals surface area contributed by atoms with Crippen LogP contribution in [0.5, 0.6) is 10.8 Å². The lowest BCUT2D eigenvalue weighted by Gasteiger charge is -2.04. The summed E-state index contributed by atoms with van der Waals surface area (Å²) in [6.07, 6.45) is 1.53. The second kappa shape index (κ2) is 4.84. The van der Waals surface area contributed by atoms with Gasteiger partial charge in [-0.25, -0.2) is 9.78 Å². The third-order valence-corrected chi connectivity index (χ3v) is 2.68. The van der Waals surface area contributed by atoms with Crippen LogP contribution >= 0.6 is 11.3 Å². The molecule has 2 rings (SSSR count). The molecule has 17 heavy (non-hydrogen) atoms. The van der Waals surface area contributed by atoms with Crippen LogP contribution < -0.4 is 10.5 Å². The van der Waals surface area contributed by atoms with Gasteiger partial charge in [-0.3, -0.25) is 0 Å². The van der Waals surface area contributed by atoms with Crippen molar-refractivity contribution in [2.75, 3.05) is 12.8 Å². The molecule has 0 aliphatic rings. The molecule has 6 heteroatoms. The molecule has 0 bridgehead atoms. The second-order valence-electron chi connectivity index (χ2n) is 3.14. The minimum atomic E-state index is -0.403. The number of thiazole rings is 1. The minimum absolute atomic E-state index is 0.403. The first kappa shape index (κ1) is 11.4. The van der Waals surface area contributed by atoms with Crippen molar-refractivity contribution < 1.29 is 14.3 Å². The van der Waals surface area contributed by atoms with Gasteiger partial charge in [0, 0.05) is 0 Å². The van der Waals surface area contributed by atoms with Gasteiger partial charge in [0.05, 0.1) is 18.9 Å². The Morgan fingerprint density at radius 2 is 2.29 bits per heavy atom. The molecule has 0 amide bonds. The van der Waals surface area contributed by atoms with E-state index >= 15 is 0 Å². The summed E-state index contributed by atoms with van der Waals surface area (Å²) in [5.41, 5.74) is 5.92. The zero-order chi connectivity index (χ0) is 12.3. The van der Waals surface area contributed by atoms with E-state index in [-0.39, 0.29) is 0 Å². The summed E-state index contributed by atoms with van der Waals surface area (Å²) >= 11 is 1.23. The number of nitrogens with two attached hydrogens (primary N) is 1. The number of ether oxygens (including phenoxy) is 2. The van der Waals surface area contributed by atoms with Crippen LogP contribution in [-0.2, 0) is 4.74 Å². The van der Waals surface area contributed by atoms with E-state index in [0.717, 1.165) is 0 Å². The summed E-state index contributed by atoms with van der Waals surface area (Å²) in [7, 11) is 1.33. The van der Waals surface area contributed by atoms with Gasteiger partial charge in [0.25, 0.3) is 0 Å². The molecule has 0 spiro atoms. The van der Waals surface area contributed by atoms with Crippen LogP contribution in [-0.4, -0.2) is 18.1 Å². The summed E-state index contributed by atoms with van der Waals surface area (Å²) in [6, 6.07) is 6.70. The maximum absolute atomic E-state index is 11.3. The number of aromatic nitrogens is 1. The van der Waals surface area contributed by atoms with Gasteiger partial charge < -0.3 is 15.2 Å². The van der Waals surface area contributed by atoms with Crippen molar-refractivity contribution in [2.24, 2.45) is 0 Å². The first-order valence-electron chi connectivity index (χ1n) is 4.76. The highest BCUT2D eigenvalue weighted by Gasteiger charge is 2.07. The smallest absolute Gasteiger partial charge is 0.337 e. The molecule has 0 fully saturated rings. The Morgan fingerprint density at radius 3 is 2.94 bits per heavy atom. The van der Waals surface area contributed by atoms with Gasteiger partial charge >= 0.3 is 5.97 Å². The zero-order valence-electron chi connectivity index (χ0n) is 9.04. The number of anilines is 1. The molecule has 0 aliphatic heterocycles. The first-order valence-corrected chi connectivity index (χ1v) is 5.58. The van der Waals surface area contributed by atoms with Crippen molar-refractivity contribution >= 4 is 22.4 Å². The average molecular weight is 250 g/mol. The molecular formula is C11H10N2O3S. The zero-order valence-corrected chi connectivity index (χ0v) is 9.86. The van der Waals surface area contributed by atoms with E-state index in [1.54, 1.807) is 24.3 Å². The van der Waals surface area contributed by atoms with E-state index in [2.05, 4.69) is 9.72 Å². The van der Waals surface area contributed by atoms with E-state index in [0.29, 0.717) is 21.5 Å². The third-order valence-electron chi connectivity index (χ3n) is 1.98. The summed E-state index contributed by atoms with van der Waals surface area (Å²) in [4.78, 5) is 15.2. The van der Waals surface area contributed by atoms with Crippen LogP contribution in [0.4, 0.5) is 5.13 Å². The topological polar surface area (TPSA) is 74.4 Å². The number of benzene rings is 1. The molecule has 5 nitrogen and oxygen atoms in total. The molecule has 88 valence electrons. The van der Waals surface area contributed by atoms with Gasteiger partial charge in [0.2, 0.25) is 5.06 Å². The van der Waals surface area contributed by atoms with Gasteiger partial charge in [-0.05, 0) is 18.2 Å². The average Bonchev–Trinajstić information content (AvgIpc) is 2.74. The fourth-order valence-corrected chi connectivity index (χ4v) is 1.79. The molecular weight excluding hydrogens is 240 g/mol. The van der Waals surface area contributed by atoms with Gasteiger partial charge in [-0.1, -0.05) is 17.4 Å². The molecule has 0 atom stereocenters. The third kappa shape index (κ3) is 2.73. The van der Waals surface area contributed by atoms with Gasteiger partial charge in [-0.2, -0.15) is 0 Å². The standard InChI is InChI=1S/C11H10N2O3S/c1-15-10(14)7-3-2-4-8(5-7)16-9-6-13-11(12)17-9/h2-6H,1H3,(H2,12,13). The Labute approximate surface area is 102 Å². The van der Waals surface area contributed by atoms with Crippen LogP contribution in [0.2, 0.25) is 0 Å². The summed E-state index contributed by atoms with van der Waals surface area (Å²) in [6.45, 7) is 0. The predicted molar refractivity (Wildman–Crippen MR) is 64.4 cm³/mol. The van der Waals surface area contributed by atoms with Crippen molar-refractivity contribution in [3.05, 3.63) is 36.0 Å². The number of methoxy groups -OCH3 is 1. The normalized spacial score (nSPS) is 9.94. The predicted octanol–water partition coefficient (Wildman–Crippen LogP) is 2.30. The Bertz CT molecular complexity index is 539. The number of nitrogen functional groups attached to an aromatic ring is 1.